The highest BCUT2D eigenvalue weighted by molar-refractivity contribution is 8.07. The molecule has 0 radical (unpaired) electrons. The van der Waals surface area contributed by atoms with Gasteiger partial charge in [0, 0.05) is 16.7 Å². The largest absolute Gasteiger partial charge is 0.298 e. The number of benzene rings is 3. The minimum atomic E-state index is -4.66. The second kappa shape index (κ2) is 8.10. The van der Waals surface area contributed by atoms with Crippen LogP contribution in [0.3, 0.4) is 0 Å². The first kappa shape index (κ1) is 20.6. The summed E-state index contributed by atoms with van der Waals surface area (Å²) in [5.74, 6) is 0. The van der Waals surface area contributed by atoms with Gasteiger partial charge in [-0.15, -0.1) is 0 Å². The van der Waals surface area contributed by atoms with E-state index >= 15 is 0 Å². The molecule has 0 unspecified atom stereocenters. The van der Waals surface area contributed by atoms with Crippen LogP contribution in [0.15, 0.2) is 72.8 Å². The molecular formula is C24H21O4P. The van der Waals surface area contributed by atoms with E-state index in [1.54, 1.807) is 75.4 Å². The average molecular weight is 404 g/mol. The standard InChI is InChI=1S/C24H21O4P/c1-16-10-4-7-13-19(16)22(25)29(28,23(26)20-14-8-5-11-17(20)2)24(27)21-15-9-6-12-18(21)3/h4-15H,1-3H3. The lowest BCUT2D eigenvalue weighted by Crippen LogP contribution is -2.20. The van der Waals surface area contributed by atoms with Gasteiger partial charge in [-0.3, -0.25) is 18.9 Å². The Bertz CT molecular complexity index is 1030. The second-order valence-corrected chi connectivity index (χ2v) is 9.41. The molecule has 0 saturated carbocycles. The van der Waals surface area contributed by atoms with Crippen molar-refractivity contribution in [1.82, 2.24) is 0 Å². The third-order valence-electron chi connectivity index (χ3n) is 4.98. The number of hydrogen-bond acceptors (Lipinski definition) is 4. The van der Waals surface area contributed by atoms with Gasteiger partial charge in [0.25, 0.3) is 7.14 Å². The van der Waals surface area contributed by atoms with E-state index in [0.29, 0.717) is 16.7 Å². The Morgan fingerprint density at radius 1 is 0.517 bits per heavy atom. The fourth-order valence-corrected chi connectivity index (χ4v) is 5.55. The summed E-state index contributed by atoms with van der Waals surface area (Å²) in [6, 6.07) is 19.7. The summed E-state index contributed by atoms with van der Waals surface area (Å²) >= 11 is 0. The summed E-state index contributed by atoms with van der Waals surface area (Å²) in [6.07, 6.45) is 0. The van der Waals surface area contributed by atoms with Gasteiger partial charge in [-0.05, 0) is 37.5 Å². The van der Waals surface area contributed by atoms with Crippen molar-refractivity contribution in [2.45, 2.75) is 20.8 Å². The molecule has 0 bridgehead atoms. The van der Waals surface area contributed by atoms with Gasteiger partial charge in [0.05, 0.1) is 0 Å². The predicted molar refractivity (Wildman–Crippen MR) is 114 cm³/mol. The van der Waals surface area contributed by atoms with Crippen molar-refractivity contribution in [2.24, 2.45) is 0 Å². The molecule has 29 heavy (non-hydrogen) atoms. The van der Waals surface area contributed by atoms with Crippen LogP contribution in [-0.2, 0) is 4.57 Å². The van der Waals surface area contributed by atoms with Crippen molar-refractivity contribution < 1.29 is 18.9 Å². The van der Waals surface area contributed by atoms with Crippen LogP contribution in [0.1, 0.15) is 47.8 Å². The average Bonchev–Trinajstić information content (AvgIpc) is 2.72. The lowest BCUT2D eigenvalue weighted by Gasteiger charge is -2.18. The van der Waals surface area contributed by atoms with Gasteiger partial charge >= 0.3 is 0 Å². The maximum absolute atomic E-state index is 14.1. The molecule has 0 atom stereocenters. The molecule has 0 spiro atoms. The summed E-state index contributed by atoms with van der Waals surface area (Å²) in [5, 5.41) is 0. The van der Waals surface area contributed by atoms with Crippen molar-refractivity contribution in [3.63, 3.8) is 0 Å². The lowest BCUT2D eigenvalue weighted by atomic mass is 10.1. The molecule has 0 aliphatic carbocycles. The van der Waals surface area contributed by atoms with Crippen molar-refractivity contribution >= 4 is 23.7 Å². The molecule has 0 aromatic heterocycles. The minimum absolute atomic E-state index is 0.125. The number of hydrogen-bond donors (Lipinski definition) is 0. The Labute approximate surface area is 170 Å². The first-order valence-electron chi connectivity index (χ1n) is 9.20. The molecule has 5 heteroatoms. The maximum Gasteiger partial charge on any atom is 0.287 e. The van der Waals surface area contributed by atoms with E-state index in [9.17, 15) is 18.9 Å². The normalized spacial score (nSPS) is 11.1. The fourth-order valence-electron chi connectivity index (χ4n) is 3.22. The zero-order chi connectivity index (χ0) is 21.2. The van der Waals surface area contributed by atoms with Crippen LogP contribution in [0.2, 0.25) is 0 Å². The van der Waals surface area contributed by atoms with Crippen molar-refractivity contribution in [3.8, 4) is 0 Å². The monoisotopic (exact) mass is 404 g/mol. The van der Waals surface area contributed by atoms with Crippen molar-refractivity contribution in [2.75, 3.05) is 0 Å². The van der Waals surface area contributed by atoms with Gasteiger partial charge in [0.1, 0.15) is 0 Å². The Morgan fingerprint density at radius 3 is 1.00 bits per heavy atom. The molecule has 0 amide bonds. The van der Waals surface area contributed by atoms with Crippen LogP contribution in [0, 0.1) is 20.8 Å². The molecule has 3 rings (SSSR count). The molecule has 0 aliphatic rings. The zero-order valence-electron chi connectivity index (χ0n) is 16.5. The number of carbonyl (C=O) groups excluding carboxylic acids is 3. The van der Waals surface area contributed by atoms with Gasteiger partial charge in [-0.1, -0.05) is 72.8 Å². The predicted octanol–water partition coefficient (Wildman–Crippen LogP) is 5.80. The van der Waals surface area contributed by atoms with Crippen molar-refractivity contribution in [3.05, 3.63) is 106 Å². The highest BCUT2D eigenvalue weighted by Gasteiger charge is 2.49. The summed E-state index contributed by atoms with van der Waals surface area (Å²) < 4.78 is 14.1. The highest BCUT2D eigenvalue weighted by Crippen LogP contribution is 2.55. The van der Waals surface area contributed by atoms with Crippen LogP contribution < -0.4 is 0 Å². The Balaban J connectivity index is 2.26. The van der Waals surface area contributed by atoms with Gasteiger partial charge < -0.3 is 0 Å². The molecule has 0 N–H and O–H groups in total. The SMILES string of the molecule is Cc1ccccc1C(=O)P(=O)(C(=O)c1ccccc1C)C(=O)c1ccccc1C. The topological polar surface area (TPSA) is 68.3 Å². The van der Waals surface area contributed by atoms with Crippen LogP contribution in [0.5, 0.6) is 0 Å². The quantitative estimate of drug-likeness (QED) is 0.487. The summed E-state index contributed by atoms with van der Waals surface area (Å²) in [6.45, 7) is 5.07. The molecule has 0 aliphatic heterocycles. The molecule has 0 saturated heterocycles. The maximum atomic E-state index is 14.1. The third-order valence-corrected chi connectivity index (χ3v) is 7.42. The van der Waals surface area contributed by atoms with Gasteiger partial charge in [0.15, 0.2) is 0 Å². The summed E-state index contributed by atoms with van der Waals surface area (Å²) in [5.41, 5.74) is -0.695. The molecule has 3 aromatic carbocycles. The van der Waals surface area contributed by atoms with Gasteiger partial charge in [0.2, 0.25) is 16.6 Å². The van der Waals surface area contributed by atoms with Crippen LogP contribution in [0.25, 0.3) is 0 Å². The first-order valence-corrected chi connectivity index (χ1v) is 10.9. The van der Waals surface area contributed by atoms with E-state index in [1.165, 1.54) is 18.2 Å². The van der Waals surface area contributed by atoms with Crippen LogP contribution in [0.4, 0.5) is 0 Å². The summed E-state index contributed by atoms with van der Waals surface area (Å²) in [7, 11) is -4.66. The van der Waals surface area contributed by atoms with E-state index in [0.717, 1.165) is 0 Å². The molecule has 0 fully saturated rings. The first-order chi connectivity index (χ1) is 13.8. The van der Waals surface area contributed by atoms with E-state index in [-0.39, 0.29) is 16.7 Å². The Kier molecular flexibility index (Phi) is 5.76. The van der Waals surface area contributed by atoms with E-state index < -0.39 is 23.7 Å². The third kappa shape index (κ3) is 3.64. The zero-order valence-corrected chi connectivity index (χ0v) is 17.4. The lowest BCUT2D eigenvalue weighted by molar-refractivity contribution is 0.100. The summed E-state index contributed by atoms with van der Waals surface area (Å²) in [4.78, 5) is 40.3. The smallest absolute Gasteiger partial charge is 0.287 e. The molecule has 3 aromatic rings. The van der Waals surface area contributed by atoms with Gasteiger partial charge in [-0.25, -0.2) is 0 Å². The van der Waals surface area contributed by atoms with Crippen LogP contribution >= 0.6 is 7.14 Å². The van der Waals surface area contributed by atoms with E-state index in [4.69, 9.17) is 0 Å². The van der Waals surface area contributed by atoms with E-state index in [2.05, 4.69) is 0 Å². The number of aryl methyl sites for hydroxylation is 3. The second-order valence-electron chi connectivity index (χ2n) is 6.97. The fraction of sp³-hybridized carbons (Fsp3) is 0.125. The van der Waals surface area contributed by atoms with Crippen LogP contribution in [-0.4, -0.2) is 16.6 Å². The number of rotatable bonds is 6. The molecule has 146 valence electrons. The molecule has 4 nitrogen and oxygen atoms in total. The minimum Gasteiger partial charge on any atom is -0.298 e. The molecule has 0 heterocycles. The Morgan fingerprint density at radius 2 is 0.759 bits per heavy atom. The highest BCUT2D eigenvalue weighted by atomic mass is 31.2. The van der Waals surface area contributed by atoms with E-state index in [1.807, 2.05) is 0 Å². The Hall–Kier alpha value is -3.10. The van der Waals surface area contributed by atoms with Gasteiger partial charge in [-0.2, -0.15) is 0 Å². The number of carbonyl (C=O) groups is 3. The van der Waals surface area contributed by atoms with Crippen molar-refractivity contribution in [1.29, 1.82) is 0 Å². The molecular weight excluding hydrogens is 383 g/mol.